The zero-order valence-corrected chi connectivity index (χ0v) is 12.3. The van der Waals surface area contributed by atoms with Crippen molar-refractivity contribution >= 4 is 39.6 Å². The van der Waals surface area contributed by atoms with E-state index in [1.54, 1.807) is 10.6 Å². The fraction of sp³-hybridized carbons (Fsp3) is 0.154. The zero-order chi connectivity index (χ0) is 13.6. The van der Waals surface area contributed by atoms with Gasteiger partial charge in [-0.05, 0) is 47.7 Å². The van der Waals surface area contributed by atoms with E-state index in [2.05, 4.69) is 4.98 Å². The van der Waals surface area contributed by atoms with Gasteiger partial charge in [-0.1, -0.05) is 0 Å². The second-order valence-corrected chi connectivity index (χ2v) is 5.49. The summed E-state index contributed by atoms with van der Waals surface area (Å²) >= 11 is 1.94. The molecule has 0 fully saturated rings. The van der Waals surface area contributed by atoms with Crippen molar-refractivity contribution in [2.45, 2.75) is 13.5 Å². The van der Waals surface area contributed by atoms with E-state index in [1.165, 1.54) is 6.07 Å². The van der Waals surface area contributed by atoms with Crippen LogP contribution in [-0.2, 0) is 6.54 Å². The molecule has 0 aliphatic heterocycles. The van der Waals surface area contributed by atoms with Gasteiger partial charge in [0.1, 0.15) is 17.3 Å². The van der Waals surface area contributed by atoms with Gasteiger partial charge in [0.05, 0.1) is 21.1 Å². The normalized spacial score (nSPS) is 11.3. The first-order chi connectivity index (χ1) is 9.04. The summed E-state index contributed by atoms with van der Waals surface area (Å²) in [7, 11) is 0. The minimum Gasteiger partial charge on any atom is -0.464 e. The van der Waals surface area contributed by atoms with Crippen LogP contribution in [0.1, 0.15) is 11.5 Å². The number of hydrogen-bond acceptors (Lipinski definition) is 3. The first kappa shape index (κ1) is 12.5. The van der Waals surface area contributed by atoms with E-state index < -0.39 is 0 Å². The molecule has 0 aliphatic carbocycles. The quantitative estimate of drug-likeness (QED) is 0.704. The first-order valence-corrected chi connectivity index (χ1v) is 6.78. The van der Waals surface area contributed by atoms with Crippen molar-refractivity contribution in [3.05, 3.63) is 45.2 Å². The number of anilines is 1. The lowest BCUT2D eigenvalue weighted by Gasteiger charge is -2.04. The van der Waals surface area contributed by atoms with Crippen LogP contribution in [0.4, 0.5) is 10.3 Å². The third kappa shape index (κ3) is 2.20. The highest BCUT2D eigenvalue weighted by molar-refractivity contribution is 14.1. The number of hydrogen-bond donors (Lipinski definition) is 1. The Bertz CT molecular complexity index is 763. The van der Waals surface area contributed by atoms with Gasteiger partial charge in [-0.2, -0.15) is 0 Å². The Morgan fingerprint density at radius 3 is 2.89 bits per heavy atom. The molecule has 0 bridgehead atoms. The average Bonchev–Trinajstić information content (AvgIpc) is 2.87. The molecule has 4 nitrogen and oxygen atoms in total. The lowest BCUT2D eigenvalue weighted by atomic mass is 10.3. The van der Waals surface area contributed by atoms with E-state index in [0.29, 0.717) is 27.1 Å². The fourth-order valence-electron chi connectivity index (χ4n) is 2.03. The van der Waals surface area contributed by atoms with E-state index >= 15 is 0 Å². The number of halogens is 2. The predicted molar refractivity (Wildman–Crippen MR) is 79.4 cm³/mol. The van der Waals surface area contributed by atoms with Gasteiger partial charge in [-0.25, -0.2) is 9.37 Å². The molecule has 3 rings (SSSR count). The molecule has 0 unspecified atom stereocenters. The van der Waals surface area contributed by atoms with Gasteiger partial charge in [0.15, 0.2) is 0 Å². The maximum atomic E-state index is 13.7. The molecule has 98 valence electrons. The summed E-state index contributed by atoms with van der Waals surface area (Å²) < 4.78 is 21.5. The lowest BCUT2D eigenvalue weighted by molar-refractivity contribution is 0.473. The van der Waals surface area contributed by atoms with Gasteiger partial charge in [-0.3, -0.25) is 0 Å². The maximum absolute atomic E-state index is 13.7. The number of rotatable bonds is 2. The van der Waals surface area contributed by atoms with Crippen LogP contribution in [-0.4, -0.2) is 9.55 Å². The summed E-state index contributed by atoms with van der Waals surface area (Å²) in [5, 5.41) is 0. The number of nitrogen functional groups attached to an aromatic ring is 1. The first-order valence-electron chi connectivity index (χ1n) is 5.70. The van der Waals surface area contributed by atoms with Crippen LogP contribution in [0.3, 0.4) is 0 Å². The second kappa shape index (κ2) is 4.52. The number of nitrogens with two attached hydrogens (primary N) is 1. The molecule has 0 saturated carbocycles. The number of furan rings is 1. The smallest absolute Gasteiger partial charge is 0.201 e. The van der Waals surface area contributed by atoms with Crippen molar-refractivity contribution in [2.24, 2.45) is 0 Å². The summed E-state index contributed by atoms with van der Waals surface area (Å²) in [4.78, 5) is 4.25. The maximum Gasteiger partial charge on any atom is 0.201 e. The van der Waals surface area contributed by atoms with Crippen LogP contribution in [0.25, 0.3) is 11.0 Å². The monoisotopic (exact) mass is 371 g/mol. The van der Waals surface area contributed by atoms with Crippen molar-refractivity contribution in [3.63, 3.8) is 0 Å². The summed E-state index contributed by atoms with van der Waals surface area (Å²) in [5.74, 6) is 1.68. The van der Waals surface area contributed by atoms with Crippen LogP contribution in [0.5, 0.6) is 0 Å². The molecule has 0 spiro atoms. The molecule has 0 aliphatic rings. The van der Waals surface area contributed by atoms with Crippen LogP contribution in [0.2, 0.25) is 0 Å². The van der Waals surface area contributed by atoms with E-state index in [9.17, 15) is 4.39 Å². The van der Waals surface area contributed by atoms with Crippen molar-refractivity contribution in [1.82, 2.24) is 9.55 Å². The highest BCUT2D eigenvalue weighted by Gasteiger charge is 2.13. The molecule has 1 aromatic carbocycles. The standard InChI is InChI=1S/C13H11FIN3O/c1-7-2-3-8(19-7)6-18-12-4-9(14)10(15)5-11(12)17-13(18)16/h2-5H,6H2,1H3,(H2,16,17). The molecule has 3 aromatic rings. The molecule has 2 heterocycles. The number of imidazole rings is 1. The van der Waals surface area contributed by atoms with E-state index in [4.69, 9.17) is 10.2 Å². The van der Waals surface area contributed by atoms with E-state index in [-0.39, 0.29) is 5.82 Å². The Kier molecular flexibility index (Phi) is 2.96. The molecule has 0 radical (unpaired) electrons. The van der Waals surface area contributed by atoms with Gasteiger partial charge < -0.3 is 14.7 Å². The third-order valence-corrected chi connectivity index (χ3v) is 3.76. The minimum atomic E-state index is -0.273. The summed E-state index contributed by atoms with van der Waals surface area (Å²) in [6.07, 6.45) is 0. The SMILES string of the molecule is Cc1ccc(Cn2c(N)nc3cc(I)c(F)cc32)o1. The molecule has 0 atom stereocenters. The number of aryl methyl sites for hydroxylation is 1. The largest absolute Gasteiger partial charge is 0.464 e. The van der Waals surface area contributed by atoms with Gasteiger partial charge in [0.2, 0.25) is 5.95 Å². The Hall–Kier alpha value is -1.57. The Morgan fingerprint density at radius 2 is 2.21 bits per heavy atom. The van der Waals surface area contributed by atoms with Crippen molar-refractivity contribution < 1.29 is 8.81 Å². The summed E-state index contributed by atoms with van der Waals surface area (Å²) in [5.41, 5.74) is 7.25. The van der Waals surface area contributed by atoms with Crippen LogP contribution < -0.4 is 5.73 Å². The fourth-order valence-corrected chi connectivity index (χ4v) is 2.48. The molecular formula is C13H11FIN3O. The number of fused-ring (bicyclic) bond motifs is 1. The van der Waals surface area contributed by atoms with Gasteiger partial charge in [0.25, 0.3) is 0 Å². The number of nitrogens with zero attached hydrogens (tertiary/aromatic N) is 2. The molecule has 6 heteroatoms. The highest BCUT2D eigenvalue weighted by atomic mass is 127. The third-order valence-electron chi connectivity index (χ3n) is 2.93. The molecule has 0 amide bonds. The van der Waals surface area contributed by atoms with Crippen molar-refractivity contribution in [3.8, 4) is 0 Å². The van der Waals surface area contributed by atoms with Gasteiger partial charge in [0, 0.05) is 6.07 Å². The molecule has 19 heavy (non-hydrogen) atoms. The van der Waals surface area contributed by atoms with Crippen molar-refractivity contribution in [2.75, 3.05) is 5.73 Å². The molecule has 2 aromatic heterocycles. The van der Waals surface area contributed by atoms with Crippen LogP contribution in [0.15, 0.2) is 28.7 Å². The number of benzene rings is 1. The Morgan fingerprint density at radius 1 is 1.42 bits per heavy atom. The molecule has 2 N–H and O–H groups in total. The Balaban J connectivity index is 2.12. The second-order valence-electron chi connectivity index (χ2n) is 4.32. The molecule has 0 saturated heterocycles. The van der Waals surface area contributed by atoms with E-state index in [0.717, 1.165) is 11.5 Å². The topological polar surface area (TPSA) is 57.0 Å². The minimum absolute atomic E-state index is 0.273. The van der Waals surface area contributed by atoms with Crippen molar-refractivity contribution in [1.29, 1.82) is 0 Å². The predicted octanol–water partition coefficient (Wildman–Crippen LogP) is 3.31. The zero-order valence-electron chi connectivity index (χ0n) is 10.2. The number of aromatic nitrogens is 2. The van der Waals surface area contributed by atoms with E-state index in [1.807, 2.05) is 41.6 Å². The Labute approximate surface area is 122 Å². The van der Waals surface area contributed by atoms with Crippen LogP contribution >= 0.6 is 22.6 Å². The summed E-state index contributed by atoms with van der Waals surface area (Å²) in [6.45, 7) is 2.32. The average molecular weight is 371 g/mol. The van der Waals surface area contributed by atoms with Crippen LogP contribution in [0, 0.1) is 16.3 Å². The summed E-state index contributed by atoms with van der Waals surface area (Å²) in [6, 6.07) is 6.90. The highest BCUT2D eigenvalue weighted by Crippen LogP contribution is 2.24. The van der Waals surface area contributed by atoms with Gasteiger partial charge in [-0.15, -0.1) is 0 Å². The molecular weight excluding hydrogens is 360 g/mol. The van der Waals surface area contributed by atoms with Gasteiger partial charge >= 0.3 is 0 Å². The lowest BCUT2D eigenvalue weighted by Crippen LogP contribution is -2.04.